The summed E-state index contributed by atoms with van der Waals surface area (Å²) in [6, 6.07) is 5.56. The molecule has 0 spiro atoms. The van der Waals surface area contributed by atoms with Crippen molar-refractivity contribution in [3.8, 4) is 0 Å². The van der Waals surface area contributed by atoms with Gasteiger partial charge in [0.05, 0.1) is 0 Å². The summed E-state index contributed by atoms with van der Waals surface area (Å²) in [5, 5.41) is 9.24. The number of likely N-dealkylation sites (N-methyl/N-ethyl adjacent to an activating group) is 1. The molecule has 0 saturated carbocycles. The maximum absolute atomic E-state index is 13.1. The van der Waals surface area contributed by atoms with Crippen molar-refractivity contribution in [1.82, 2.24) is 9.80 Å². The minimum atomic E-state index is -1.30. The first kappa shape index (κ1) is 16.9. The second kappa shape index (κ2) is 6.56. The van der Waals surface area contributed by atoms with Crippen LogP contribution in [-0.2, 0) is 11.3 Å². The molecule has 0 aliphatic heterocycles. The Labute approximate surface area is 124 Å². The van der Waals surface area contributed by atoms with Crippen LogP contribution >= 0.6 is 0 Å². The summed E-state index contributed by atoms with van der Waals surface area (Å²) in [4.78, 5) is 26.3. The van der Waals surface area contributed by atoms with Gasteiger partial charge in [-0.1, -0.05) is 12.1 Å². The third-order valence-corrected chi connectivity index (χ3v) is 3.38. The summed E-state index contributed by atoms with van der Waals surface area (Å²) in [7, 11) is 1.56. The third kappa shape index (κ3) is 3.93. The number of amides is 2. The van der Waals surface area contributed by atoms with E-state index in [9.17, 15) is 19.1 Å². The van der Waals surface area contributed by atoms with E-state index in [4.69, 9.17) is 0 Å². The average Bonchev–Trinajstić information content (AvgIpc) is 2.38. The molecule has 1 rings (SSSR count). The first-order valence-corrected chi connectivity index (χ1v) is 6.70. The van der Waals surface area contributed by atoms with Crippen LogP contribution in [0.4, 0.5) is 9.18 Å². The molecule has 5 nitrogen and oxygen atoms in total. The number of urea groups is 1. The van der Waals surface area contributed by atoms with Crippen LogP contribution in [0.25, 0.3) is 0 Å². The van der Waals surface area contributed by atoms with Gasteiger partial charge in [0.2, 0.25) is 0 Å². The third-order valence-electron chi connectivity index (χ3n) is 3.38. The summed E-state index contributed by atoms with van der Waals surface area (Å²) in [6.45, 7) is 5.16. The summed E-state index contributed by atoms with van der Waals surface area (Å²) in [5.74, 6) is -1.44. The van der Waals surface area contributed by atoms with Crippen molar-refractivity contribution in [3.63, 3.8) is 0 Å². The monoisotopic (exact) mass is 296 g/mol. The Morgan fingerprint density at radius 1 is 1.33 bits per heavy atom. The van der Waals surface area contributed by atoms with Gasteiger partial charge in [-0.3, -0.25) is 0 Å². The van der Waals surface area contributed by atoms with Gasteiger partial charge in [0, 0.05) is 20.1 Å². The number of carboxylic acids is 1. The molecule has 1 aromatic carbocycles. The zero-order valence-corrected chi connectivity index (χ0v) is 12.8. The number of rotatable bonds is 5. The van der Waals surface area contributed by atoms with Crippen molar-refractivity contribution in [1.29, 1.82) is 0 Å². The molecule has 0 heterocycles. The predicted molar refractivity (Wildman–Crippen MR) is 77.4 cm³/mol. The molecule has 0 saturated heterocycles. The van der Waals surface area contributed by atoms with Gasteiger partial charge >= 0.3 is 12.0 Å². The fourth-order valence-electron chi connectivity index (χ4n) is 2.07. The number of halogens is 1. The molecule has 116 valence electrons. The molecule has 0 aromatic heterocycles. The fraction of sp³-hybridized carbons (Fsp3) is 0.467. The van der Waals surface area contributed by atoms with E-state index in [-0.39, 0.29) is 18.9 Å². The number of hydrogen-bond donors (Lipinski definition) is 1. The molecule has 1 N–H and O–H groups in total. The molecule has 0 atom stereocenters. The van der Waals surface area contributed by atoms with Gasteiger partial charge in [0.15, 0.2) is 0 Å². The highest BCUT2D eigenvalue weighted by Crippen LogP contribution is 2.17. The fourth-order valence-corrected chi connectivity index (χ4v) is 2.07. The number of carbonyl (C=O) groups excluding carboxylic acids is 1. The second-order valence-electron chi connectivity index (χ2n) is 5.38. The number of carboxylic acid groups (broad SMARTS) is 1. The standard InChI is InChI=1S/C15H21FN2O3/c1-5-18(15(2,3)13(19)20)14(21)17(4)10-11-7-6-8-12(16)9-11/h6-9H,5,10H2,1-4H3,(H,19,20). The number of benzene rings is 1. The molecule has 0 aliphatic carbocycles. The van der Waals surface area contributed by atoms with Crippen LogP contribution in [0.2, 0.25) is 0 Å². The Bertz CT molecular complexity index is 531. The lowest BCUT2D eigenvalue weighted by Crippen LogP contribution is -2.56. The smallest absolute Gasteiger partial charge is 0.329 e. The van der Waals surface area contributed by atoms with Gasteiger partial charge in [-0.25, -0.2) is 14.0 Å². The Balaban J connectivity index is 2.88. The van der Waals surface area contributed by atoms with Crippen molar-refractivity contribution in [2.75, 3.05) is 13.6 Å². The quantitative estimate of drug-likeness (QED) is 0.908. The summed E-state index contributed by atoms with van der Waals surface area (Å²) >= 11 is 0. The van der Waals surface area contributed by atoms with E-state index in [1.807, 2.05) is 0 Å². The largest absolute Gasteiger partial charge is 0.480 e. The maximum Gasteiger partial charge on any atom is 0.329 e. The topological polar surface area (TPSA) is 60.9 Å². The zero-order chi connectivity index (χ0) is 16.2. The van der Waals surface area contributed by atoms with Crippen LogP contribution in [0.1, 0.15) is 26.3 Å². The predicted octanol–water partition coefficient (Wildman–Crippen LogP) is 2.56. The van der Waals surface area contributed by atoms with Crippen molar-refractivity contribution in [2.24, 2.45) is 0 Å². The first-order chi connectivity index (χ1) is 9.70. The number of carbonyl (C=O) groups is 2. The molecule has 1 aromatic rings. The van der Waals surface area contributed by atoms with Crippen LogP contribution in [0.5, 0.6) is 0 Å². The van der Waals surface area contributed by atoms with E-state index in [0.717, 1.165) is 0 Å². The Hall–Kier alpha value is -2.11. The highest BCUT2D eigenvalue weighted by Gasteiger charge is 2.38. The van der Waals surface area contributed by atoms with Crippen LogP contribution in [0, 0.1) is 5.82 Å². The van der Waals surface area contributed by atoms with E-state index < -0.39 is 17.5 Å². The van der Waals surface area contributed by atoms with Gasteiger partial charge in [-0.05, 0) is 38.5 Å². The summed E-state index contributed by atoms with van der Waals surface area (Å²) in [6.07, 6.45) is 0. The van der Waals surface area contributed by atoms with Gasteiger partial charge in [0.1, 0.15) is 11.4 Å². The van der Waals surface area contributed by atoms with Gasteiger partial charge in [0.25, 0.3) is 0 Å². The van der Waals surface area contributed by atoms with Gasteiger partial charge in [-0.2, -0.15) is 0 Å². The van der Waals surface area contributed by atoms with E-state index in [0.29, 0.717) is 5.56 Å². The van der Waals surface area contributed by atoms with E-state index in [1.54, 1.807) is 26.1 Å². The SMILES string of the molecule is CCN(C(=O)N(C)Cc1cccc(F)c1)C(C)(C)C(=O)O. The van der Waals surface area contributed by atoms with E-state index >= 15 is 0 Å². The average molecular weight is 296 g/mol. The molecule has 0 fully saturated rings. The van der Waals surface area contributed by atoms with Gasteiger partial charge < -0.3 is 14.9 Å². The van der Waals surface area contributed by atoms with Crippen molar-refractivity contribution in [3.05, 3.63) is 35.6 Å². The zero-order valence-electron chi connectivity index (χ0n) is 12.8. The maximum atomic E-state index is 13.1. The molecule has 21 heavy (non-hydrogen) atoms. The van der Waals surface area contributed by atoms with Crippen molar-refractivity contribution in [2.45, 2.75) is 32.9 Å². The number of aliphatic carboxylic acids is 1. The lowest BCUT2D eigenvalue weighted by atomic mass is 10.0. The van der Waals surface area contributed by atoms with Crippen LogP contribution in [-0.4, -0.2) is 46.0 Å². The molecule has 0 unspecified atom stereocenters. The highest BCUT2D eigenvalue weighted by molar-refractivity contribution is 5.85. The van der Waals surface area contributed by atoms with Crippen LogP contribution in [0.15, 0.2) is 24.3 Å². The van der Waals surface area contributed by atoms with Crippen LogP contribution in [0.3, 0.4) is 0 Å². The Morgan fingerprint density at radius 2 is 1.95 bits per heavy atom. The highest BCUT2D eigenvalue weighted by atomic mass is 19.1. The summed E-state index contributed by atoms with van der Waals surface area (Å²) < 4.78 is 13.1. The molecule has 2 amide bonds. The first-order valence-electron chi connectivity index (χ1n) is 6.70. The molecule has 6 heteroatoms. The molecular formula is C15H21FN2O3. The molecule has 0 radical (unpaired) electrons. The molecule has 0 bridgehead atoms. The Kier molecular flexibility index (Phi) is 5.29. The number of hydrogen-bond acceptors (Lipinski definition) is 2. The van der Waals surface area contributed by atoms with E-state index in [1.165, 1.54) is 35.8 Å². The lowest BCUT2D eigenvalue weighted by molar-refractivity contribution is -0.147. The van der Waals surface area contributed by atoms with Crippen molar-refractivity contribution >= 4 is 12.0 Å². The number of nitrogens with zero attached hydrogens (tertiary/aromatic N) is 2. The summed E-state index contributed by atoms with van der Waals surface area (Å²) in [5.41, 5.74) is -0.655. The Morgan fingerprint density at radius 3 is 2.43 bits per heavy atom. The minimum absolute atomic E-state index is 0.211. The normalized spacial score (nSPS) is 11.1. The van der Waals surface area contributed by atoms with Gasteiger partial charge in [-0.15, -0.1) is 0 Å². The molecule has 0 aliphatic rings. The molecular weight excluding hydrogens is 275 g/mol. The van der Waals surface area contributed by atoms with Crippen molar-refractivity contribution < 1.29 is 19.1 Å². The van der Waals surface area contributed by atoms with Crippen LogP contribution < -0.4 is 0 Å². The minimum Gasteiger partial charge on any atom is -0.480 e. The second-order valence-corrected chi connectivity index (χ2v) is 5.38. The lowest BCUT2D eigenvalue weighted by Gasteiger charge is -2.37. The van der Waals surface area contributed by atoms with E-state index in [2.05, 4.69) is 0 Å².